The van der Waals surface area contributed by atoms with E-state index in [9.17, 15) is 8.42 Å². The molecule has 2 aromatic rings. The number of rotatable bonds is 7. The lowest BCUT2D eigenvalue weighted by Gasteiger charge is -2.27. The highest BCUT2D eigenvalue weighted by Gasteiger charge is 2.21. The number of nitrogens with one attached hydrogen (secondary N) is 1. The summed E-state index contributed by atoms with van der Waals surface area (Å²) in [5.41, 5.74) is 0. The van der Waals surface area contributed by atoms with Crippen LogP contribution in [0.25, 0.3) is 0 Å². The maximum absolute atomic E-state index is 12.6. The van der Waals surface area contributed by atoms with Crippen molar-refractivity contribution in [2.45, 2.75) is 50.7 Å². The first-order valence-electron chi connectivity index (χ1n) is 9.46. The summed E-state index contributed by atoms with van der Waals surface area (Å²) in [5, 5.41) is -0.0145. The van der Waals surface area contributed by atoms with E-state index < -0.39 is 10.0 Å². The topological polar surface area (TPSA) is 109 Å². The first-order chi connectivity index (χ1) is 13.3. The van der Waals surface area contributed by atoms with Gasteiger partial charge >= 0.3 is 0 Å². The average molecular weight is 409 g/mol. The molecule has 0 amide bonds. The fourth-order valence-corrected chi connectivity index (χ4v) is 3.80. The number of nitrogens with zero attached hydrogens (tertiary/aromatic N) is 7. The van der Waals surface area contributed by atoms with Crippen molar-refractivity contribution in [3.8, 4) is 0 Å². The minimum atomic E-state index is -3.75. The van der Waals surface area contributed by atoms with Crippen LogP contribution < -0.4 is 14.5 Å². The van der Waals surface area contributed by atoms with Gasteiger partial charge in [0.2, 0.25) is 11.9 Å². The number of sulfonamides is 1. The second kappa shape index (κ2) is 8.39. The van der Waals surface area contributed by atoms with Gasteiger partial charge in [-0.25, -0.2) is 18.1 Å². The van der Waals surface area contributed by atoms with Crippen LogP contribution in [0.5, 0.6) is 0 Å². The quantitative estimate of drug-likeness (QED) is 0.727. The van der Waals surface area contributed by atoms with E-state index in [0.29, 0.717) is 17.7 Å². The molecule has 0 aliphatic carbocycles. The Morgan fingerprint density at radius 1 is 1.14 bits per heavy atom. The summed E-state index contributed by atoms with van der Waals surface area (Å²) >= 11 is 0. The standard InChI is InChI=1S/C17H28N8O2S/c1-13(2)25-11-15(18-12-25)28(26,27)19-10-14-20-16(23(3)4)22-17(21-14)24-8-6-5-7-9-24/h11-13,19H,5-10H2,1-4H3. The Labute approximate surface area is 166 Å². The van der Waals surface area contributed by atoms with Crippen LogP contribution in [0.15, 0.2) is 17.6 Å². The number of piperidine rings is 1. The molecular weight excluding hydrogens is 380 g/mol. The Bertz CT molecular complexity index is 904. The summed E-state index contributed by atoms with van der Waals surface area (Å²) in [4.78, 5) is 21.3. The zero-order chi connectivity index (χ0) is 20.3. The van der Waals surface area contributed by atoms with Gasteiger partial charge in [0, 0.05) is 39.4 Å². The molecule has 1 N–H and O–H groups in total. The van der Waals surface area contributed by atoms with Crippen molar-refractivity contribution in [1.82, 2.24) is 29.2 Å². The molecule has 0 bridgehead atoms. The Morgan fingerprint density at radius 3 is 2.46 bits per heavy atom. The van der Waals surface area contributed by atoms with Gasteiger partial charge in [0.25, 0.3) is 10.0 Å². The summed E-state index contributed by atoms with van der Waals surface area (Å²) in [6, 6.07) is 0.134. The van der Waals surface area contributed by atoms with Gasteiger partial charge in [-0.3, -0.25) is 0 Å². The molecular formula is C17H28N8O2S. The fraction of sp³-hybridized carbons (Fsp3) is 0.647. The summed E-state index contributed by atoms with van der Waals surface area (Å²) < 4.78 is 29.4. The maximum Gasteiger partial charge on any atom is 0.259 e. The highest BCUT2D eigenvalue weighted by molar-refractivity contribution is 7.89. The predicted molar refractivity (Wildman–Crippen MR) is 107 cm³/mol. The van der Waals surface area contributed by atoms with E-state index in [1.165, 1.54) is 18.9 Å². The van der Waals surface area contributed by atoms with Crippen molar-refractivity contribution >= 4 is 21.9 Å². The Morgan fingerprint density at radius 2 is 1.86 bits per heavy atom. The molecule has 10 nitrogen and oxygen atoms in total. The first-order valence-corrected chi connectivity index (χ1v) is 10.9. The maximum atomic E-state index is 12.6. The molecule has 1 aliphatic heterocycles. The van der Waals surface area contributed by atoms with Crippen LogP contribution in [-0.2, 0) is 16.6 Å². The molecule has 0 saturated carbocycles. The lowest BCUT2D eigenvalue weighted by atomic mass is 10.1. The minimum absolute atomic E-state index is 0.0145. The van der Waals surface area contributed by atoms with Crippen molar-refractivity contribution < 1.29 is 8.42 Å². The molecule has 3 heterocycles. The van der Waals surface area contributed by atoms with E-state index in [-0.39, 0.29) is 17.6 Å². The van der Waals surface area contributed by atoms with Crippen molar-refractivity contribution in [3.05, 3.63) is 18.3 Å². The highest BCUT2D eigenvalue weighted by Crippen LogP contribution is 2.18. The third kappa shape index (κ3) is 4.76. The van der Waals surface area contributed by atoms with Gasteiger partial charge in [0.1, 0.15) is 0 Å². The van der Waals surface area contributed by atoms with E-state index in [1.807, 2.05) is 27.9 Å². The van der Waals surface area contributed by atoms with E-state index in [2.05, 4.69) is 29.6 Å². The monoisotopic (exact) mass is 408 g/mol. The fourth-order valence-electron chi connectivity index (χ4n) is 2.88. The van der Waals surface area contributed by atoms with Crippen molar-refractivity contribution in [1.29, 1.82) is 0 Å². The lowest BCUT2D eigenvalue weighted by Crippen LogP contribution is -2.33. The predicted octanol–water partition coefficient (Wildman–Crippen LogP) is 1.18. The number of hydrogen-bond donors (Lipinski definition) is 1. The molecule has 1 fully saturated rings. The number of hydrogen-bond acceptors (Lipinski definition) is 8. The molecule has 3 rings (SSSR count). The molecule has 0 atom stereocenters. The van der Waals surface area contributed by atoms with Crippen LogP contribution in [0.2, 0.25) is 0 Å². The molecule has 0 unspecified atom stereocenters. The SMILES string of the molecule is CC(C)n1cnc(S(=O)(=O)NCc2nc(N(C)C)nc(N3CCCCC3)n2)c1. The average Bonchev–Trinajstić information content (AvgIpc) is 3.18. The van der Waals surface area contributed by atoms with Gasteiger partial charge in [-0.1, -0.05) is 0 Å². The number of aromatic nitrogens is 5. The van der Waals surface area contributed by atoms with E-state index in [0.717, 1.165) is 25.9 Å². The summed E-state index contributed by atoms with van der Waals surface area (Å²) in [6.45, 7) is 5.69. The van der Waals surface area contributed by atoms with Crippen LogP contribution >= 0.6 is 0 Å². The van der Waals surface area contributed by atoms with Crippen LogP contribution in [0.4, 0.5) is 11.9 Å². The molecule has 1 saturated heterocycles. The summed E-state index contributed by atoms with van der Waals surface area (Å²) in [6.07, 6.45) is 6.44. The first kappa shape index (κ1) is 20.5. The Kier molecular flexibility index (Phi) is 6.14. The molecule has 2 aromatic heterocycles. The van der Waals surface area contributed by atoms with E-state index in [1.54, 1.807) is 9.47 Å². The zero-order valence-corrected chi connectivity index (χ0v) is 17.6. The Hall–Kier alpha value is -2.27. The third-order valence-electron chi connectivity index (χ3n) is 4.57. The second-order valence-corrected chi connectivity index (χ2v) is 9.09. The van der Waals surface area contributed by atoms with Crippen LogP contribution in [-0.4, -0.2) is 60.1 Å². The van der Waals surface area contributed by atoms with Crippen molar-refractivity contribution in [2.24, 2.45) is 0 Å². The van der Waals surface area contributed by atoms with Gasteiger partial charge in [0.15, 0.2) is 10.9 Å². The number of anilines is 2. The minimum Gasteiger partial charge on any atom is -0.347 e. The van der Waals surface area contributed by atoms with E-state index >= 15 is 0 Å². The molecule has 28 heavy (non-hydrogen) atoms. The number of imidazole rings is 1. The van der Waals surface area contributed by atoms with Crippen LogP contribution in [0, 0.1) is 0 Å². The van der Waals surface area contributed by atoms with E-state index in [4.69, 9.17) is 0 Å². The molecule has 0 spiro atoms. The lowest BCUT2D eigenvalue weighted by molar-refractivity contribution is 0.562. The smallest absolute Gasteiger partial charge is 0.259 e. The second-order valence-electron chi connectivity index (χ2n) is 7.37. The van der Waals surface area contributed by atoms with Gasteiger partial charge < -0.3 is 14.4 Å². The van der Waals surface area contributed by atoms with Gasteiger partial charge in [-0.15, -0.1) is 0 Å². The molecule has 154 valence electrons. The molecule has 11 heteroatoms. The van der Waals surface area contributed by atoms with Crippen LogP contribution in [0.3, 0.4) is 0 Å². The normalized spacial score (nSPS) is 15.2. The molecule has 0 aromatic carbocycles. The van der Waals surface area contributed by atoms with Crippen LogP contribution in [0.1, 0.15) is 45.0 Å². The van der Waals surface area contributed by atoms with Crippen molar-refractivity contribution in [2.75, 3.05) is 37.0 Å². The summed E-state index contributed by atoms with van der Waals surface area (Å²) in [5.74, 6) is 1.48. The third-order valence-corrected chi connectivity index (χ3v) is 5.85. The van der Waals surface area contributed by atoms with Gasteiger partial charge in [-0.05, 0) is 33.1 Å². The highest BCUT2D eigenvalue weighted by atomic mass is 32.2. The Balaban J connectivity index is 1.79. The molecule has 0 radical (unpaired) electrons. The molecule has 1 aliphatic rings. The van der Waals surface area contributed by atoms with Crippen molar-refractivity contribution in [3.63, 3.8) is 0 Å². The summed E-state index contributed by atoms with van der Waals surface area (Å²) in [7, 11) is -0.0535. The zero-order valence-electron chi connectivity index (χ0n) is 16.8. The van der Waals surface area contributed by atoms with Gasteiger partial charge in [-0.2, -0.15) is 15.0 Å². The van der Waals surface area contributed by atoms with Gasteiger partial charge in [0.05, 0.1) is 12.9 Å². The largest absolute Gasteiger partial charge is 0.347 e.